The van der Waals surface area contributed by atoms with Crippen molar-refractivity contribution in [1.29, 1.82) is 0 Å². The van der Waals surface area contributed by atoms with E-state index in [1.54, 1.807) is 25.1 Å². The number of thiazole rings is 1. The molecule has 6 nitrogen and oxygen atoms in total. The summed E-state index contributed by atoms with van der Waals surface area (Å²) in [4.78, 5) is 29.1. The van der Waals surface area contributed by atoms with Crippen LogP contribution in [0.1, 0.15) is 25.9 Å². The normalized spacial score (nSPS) is 10.9. The molecule has 0 radical (unpaired) electrons. The van der Waals surface area contributed by atoms with Gasteiger partial charge in [-0.3, -0.25) is 4.79 Å². The molecule has 0 saturated carbocycles. The van der Waals surface area contributed by atoms with Crippen molar-refractivity contribution in [3.63, 3.8) is 0 Å². The Bertz CT molecular complexity index is 1290. The first-order valence-electron chi connectivity index (χ1n) is 9.09. The van der Waals surface area contributed by atoms with Gasteiger partial charge in [0.2, 0.25) is 0 Å². The van der Waals surface area contributed by atoms with Crippen LogP contribution in [0.25, 0.3) is 11.0 Å². The second-order valence-electron chi connectivity index (χ2n) is 6.68. The van der Waals surface area contributed by atoms with E-state index in [0.717, 1.165) is 10.9 Å². The lowest BCUT2D eigenvalue weighted by Gasteiger charge is -2.06. The number of hydrogen-bond acceptors (Lipinski definition) is 6. The molecular weight excluding hydrogens is 407 g/mol. The molecule has 0 saturated heterocycles. The van der Waals surface area contributed by atoms with E-state index in [1.165, 1.54) is 41.7 Å². The highest BCUT2D eigenvalue weighted by Crippen LogP contribution is 2.24. The second-order valence-corrected chi connectivity index (χ2v) is 7.76. The fourth-order valence-corrected chi connectivity index (χ4v) is 3.86. The highest BCUT2D eigenvalue weighted by Gasteiger charge is 2.16. The van der Waals surface area contributed by atoms with Gasteiger partial charge in [0.15, 0.2) is 0 Å². The Morgan fingerprint density at radius 3 is 2.70 bits per heavy atom. The predicted molar refractivity (Wildman–Crippen MR) is 113 cm³/mol. The van der Waals surface area contributed by atoms with Crippen LogP contribution in [-0.4, -0.2) is 10.9 Å². The summed E-state index contributed by atoms with van der Waals surface area (Å²) < 4.78 is 23.8. The fraction of sp³-hybridized carbons (Fsp3) is 0.136. The molecule has 0 unspecified atom stereocenters. The molecule has 0 aliphatic rings. The summed E-state index contributed by atoms with van der Waals surface area (Å²) >= 11 is 1.22. The average Bonchev–Trinajstić information content (AvgIpc) is 3.08. The summed E-state index contributed by atoms with van der Waals surface area (Å²) in [6.07, 6.45) is 0. The molecule has 30 heavy (non-hydrogen) atoms. The average molecular weight is 424 g/mol. The first-order chi connectivity index (χ1) is 14.4. The molecule has 4 aromatic rings. The highest BCUT2D eigenvalue weighted by molar-refractivity contribution is 7.13. The highest BCUT2D eigenvalue weighted by atomic mass is 32.1. The summed E-state index contributed by atoms with van der Waals surface area (Å²) in [5.74, 6) is -0.134. The predicted octanol–water partition coefficient (Wildman–Crippen LogP) is 4.84. The minimum Gasteiger partial charge on any atom is -0.486 e. The lowest BCUT2D eigenvalue weighted by Crippen LogP contribution is -2.11. The van der Waals surface area contributed by atoms with Crippen LogP contribution < -0.4 is 15.7 Å². The van der Waals surface area contributed by atoms with E-state index in [0.29, 0.717) is 32.6 Å². The Kier molecular flexibility index (Phi) is 5.33. The van der Waals surface area contributed by atoms with Crippen molar-refractivity contribution in [2.75, 3.05) is 5.32 Å². The van der Waals surface area contributed by atoms with Gasteiger partial charge < -0.3 is 14.5 Å². The van der Waals surface area contributed by atoms with E-state index in [4.69, 9.17) is 9.15 Å². The number of anilines is 1. The topological polar surface area (TPSA) is 81.4 Å². The van der Waals surface area contributed by atoms with Gasteiger partial charge in [-0.25, -0.2) is 14.2 Å². The quantitative estimate of drug-likeness (QED) is 0.464. The number of hydrogen-bond donors (Lipinski definition) is 1. The molecule has 0 bridgehead atoms. The minimum absolute atomic E-state index is 0.171. The minimum atomic E-state index is -0.437. The lowest BCUT2D eigenvalue weighted by atomic mass is 10.1. The Hall–Kier alpha value is -3.52. The number of amides is 1. The molecule has 0 aliphatic carbocycles. The maximum atomic E-state index is 13.0. The Morgan fingerprint density at radius 2 is 1.93 bits per heavy atom. The van der Waals surface area contributed by atoms with Crippen LogP contribution in [0.4, 0.5) is 10.1 Å². The van der Waals surface area contributed by atoms with Crippen molar-refractivity contribution in [3.05, 3.63) is 85.9 Å². The summed E-state index contributed by atoms with van der Waals surface area (Å²) in [6.45, 7) is 3.74. The maximum Gasteiger partial charge on any atom is 0.336 e. The third-order valence-corrected chi connectivity index (χ3v) is 5.56. The van der Waals surface area contributed by atoms with Crippen molar-refractivity contribution in [2.45, 2.75) is 20.5 Å². The van der Waals surface area contributed by atoms with Gasteiger partial charge in [0, 0.05) is 23.2 Å². The van der Waals surface area contributed by atoms with Crippen LogP contribution in [0.5, 0.6) is 5.75 Å². The zero-order valence-corrected chi connectivity index (χ0v) is 17.0. The van der Waals surface area contributed by atoms with E-state index in [2.05, 4.69) is 10.3 Å². The van der Waals surface area contributed by atoms with Crippen LogP contribution in [0, 0.1) is 19.7 Å². The smallest absolute Gasteiger partial charge is 0.336 e. The van der Waals surface area contributed by atoms with Crippen molar-refractivity contribution in [1.82, 2.24) is 4.98 Å². The fourth-order valence-electron chi connectivity index (χ4n) is 2.99. The van der Waals surface area contributed by atoms with Gasteiger partial charge in [-0.1, -0.05) is 0 Å². The zero-order chi connectivity index (χ0) is 21.3. The van der Waals surface area contributed by atoms with Crippen LogP contribution in [0.3, 0.4) is 0 Å². The van der Waals surface area contributed by atoms with Crippen molar-refractivity contribution in [3.8, 4) is 5.75 Å². The van der Waals surface area contributed by atoms with Gasteiger partial charge in [-0.15, -0.1) is 11.3 Å². The number of ether oxygens (including phenoxy) is 1. The molecule has 0 spiro atoms. The Balaban J connectivity index is 1.49. The molecule has 0 fully saturated rings. The van der Waals surface area contributed by atoms with Gasteiger partial charge in [0.05, 0.1) is 5.69 Å². The maximum absolute atomic E-state index is 13.0. The molecule has 1 amide bonds. The number of nitrogens with zero attached hydrogens (tertiary/aromatic N) is 1. The summed E-state index contributed by atoms with van der Waals surface area (Å²) in [5, 5.41) is 4.24. The van der Waals surface area contributed by atoms with Gasteiger partial charge in [-0.05, 0) is 55.8 Å². The number of fused-ring (bicyclic) bond motifs is 1. The molecule has 1 N–H and O–H groups in total. The van der Waals surface area contributed by atoms with Crippen LogP contribution in [-0.2, 0) is 6.61 Å². The van der Waals surface area contributed by atoms with Crippen molar-refractivity contribution >= 4 is 33.9 Å². The molecular formula is C22H17FN2O4S. The van der Waals surface area contributed by atoms with Crippen LogP contribution >= 0.6 is 11.3 Å². The molecule has 2 aromatic carbocycles. The number of halogens is 1. The molecule has 2 heterocycles. The largest absolute Gasteiger partial charge is 0.486 e. The molecule has 4 rings (SSSR count). The van der Waals surface area contributed by atoms with Crippen molar-refractivity contribution < 1.29 is 18.3 Å². The Morgan fingerprint density at radius 1 is 1.17 bits per heavy atom. The Labute approximate surface area is 175 Å². The SMILES string of the molecule is Cc1nc(COc2ccc(F)cc2)sc1C(=O)Nc1ccc2c(C)cc(=O)oc2c1. The van der Waals surface area contributed by atoms with Gasteiger partial charge in [-0.2, -0.15) is 0 Å². The van der Waals surface area contributed by atoms with Gasteiger partial charge >= 0.3 is 5.63 Å². The number of carbonyl (C=O) groups excluding carboxylic acids is 1. The number of aryl methyl sites for hydroxylation is 2. The number of rotatable bonds is 5. The third-order valence-electron chi connectivity index (χ3n) is 4.43. The van der Waals surface area contributed by atoms with Crippen LogP contribution in [0.15, 0.2) is 57.7 Å². The molecule has 0 atom stereocenters. The van der Waals surface area contributed by atoms with E-state index < -0.39 is 5.63 Å². The zero-order valence-electron chi connectivity index (χ0n) is 16.2. The van der Waals surface area contributed by atoms with E-state index in [9.17, 15) is 14.0 Å². The first-order valence-corrected chi connectivity index (χ1v) is 9.91. The van der Waals surface area contributed by atoms with Crippen molar-refractivity contribution in [2.24, 2.45) is 0 Å². The third kappa shape index (κ3) is 4.23. The lowest BCUT2D eigenvalue weighted by molar-refractivity contribution is 0.103. The van der Waals surface area contributed by atoms with E-state index in [1.807, 2.05) is 6.92 Å². The standard InChI is InChI=1S/C22H17FN2O4S/c1-12-9-20(26)29-18-10-15(5-8-17(12)18)25-22(27)21-13(2)24-19(30-21)11-28-16-6-3-14(23)4-7-16/h3-10H,11H2,1-2H3,(H,25,27). The summed E-state index contributed by atoms with van der Waals surface area (Å²) in [7, 11) is 0. The van der Waals surface area contributed by atoms with Gasteiger partial charge in [0.25, 0.3) is 5.91 Å². The number of carbonyl (C=O) groups is 1. The molecule has 0 aliphatic heterocycles. The second kappa shape index (κ2) is 8.08. The van der Waals surface area contributed by atoms with E-state index >= 15 is 0 Å². The van der Waals surface area contributed by atoms with E-state index in [-0.39, 0.29) is 18.3 Å². The number of nitrogens with one attached hydrogen (secondary N) is 1. The first kappa shape index (κ1) is 19.8. The summed E-state index contributed by atoms with van der Waals surface area (Å²) in [6, 6.07) is 12.3. The molecule has 2 aromatic heterocycles. The monoisotopic (exact) mass is 424 g/mol. The van der Waals surface area contributed by atoms with Gasteiger partial charge in [0.1, 0.15) is 33.6 Å². The number of benzene rings is 2. The van der Waals surface area contributed by atoms with Crippen LogP contribution in [0.2, 0.25) is 0 Å². The molecule has 152 valence electrons. The number of aromatic nitrogens is 1. The summed E-state index contributed by atoms with van der Waals surface area (Å²) in [5.41, 5.74) is 1.87. The molecule has 8 heteroatoms.